The maximum Gasteiger partial charge on any atom is 0.289 e. The monoisotopic (exact) mass is 398 g/mol. The number of aliphatic imine (C=N–C) groups is 1. The Labute approximate surface area is 169 Å². The first-order valence-corrected chi connectivity index (χ1v) is 9.53. The average Bonchev–Trinajstić information content (AvgIpc) is 2.62. The third kappa shape index (κ3) is 4.42. The zero-order chi connectivity index (χ0) is 20.5. The molecule has 0 fully saturated rings. The highest BCUT2D eigenvalue weighted by Gasteiger charge is 2.31. The molecule has 0 bridgehead atoms. The van der Waals surface area contributed by atoms with Gasteiger partial charge < -0.3 is 10.1 Å². The minimum Gasteiger partial charge on any atom is -0.478 e. The van der Waals surface area contributed by atoms with E-state index in [0.29, 0.717) is 16.5 Å². The van der Waals surface area contributed by atoms with Crippen molar-refractivity contribution in [3.05, 3.63) is 64.9 Å². The lowest BCUT2D eigenvalue weighted by Crippen LogP contribution is -2.38. The fourth-order valence-electron chi connectivity index (χ4n) is 3.11. The van der Waals surface area contributed by atoms with Gasteiger partial charge in [-0.05, 0) is 61.8 Å². The number of benzene rings is 1. The third-order valence-electron chi connectivity index (χ3n) is 4.62. The van der Waals surface area contributed by atoms with E-state index >= 15 is 0 Å². The van der Waals surface area contributed by atoms with Crippen LogP contribution in [0.1, 0.15) is 27.7 Å². The van der Waals surface area contributed by atoms with Crippen molar-refractivity contribution in [1.29, 1.82) is 0 Å². The number of hydrogen-bond donors (Lipinski definition) is 1. The molecule has 0 saturated heterocycles. The van der Waals surface area contributed by atoms with Crippen LogP contribution >= 0.6 is 11.6 Å². The Bertz CT molecular complexity index is 922. The molecule has 1 aromatic rings. The standard InChI is InChI=1S/C22H23ClN2O3/c1-13(2)18-12-20(26)25-19-11-15(7-10-17(18)19)24-21(27)22(3,4)28-16-8-5-14(23)6-9-16/h5-13,17H,1-4H3,(H,25,26). The van der Waals surface area contributed by atoms with Gasteiger partial charge >= 0.3 is 0 Å². The summed E-state index contributed by atoms with van der Waals surface area (Å²) in [7, 11) is 0. The Kier molecular flexibility index (Phi) is 5.57. The molecule has 6 heteroatoms. The van der Waals surface area contributed by atoms with E-state index < -0.39 is 11.5 Å². The summed E-state index contributed by atoms with van der Waals surface area (Å²) in [6, 6.07) is 6.80. The summed E-state index contributed by atoms with van der Waals surface area (Å²) in [5.74, 6) is 0.213. The minimum absolute atomic E-state index is 0.00470. The zero-order valence-electron chi connectivity index (χ0n) is 16.3. The normalized spacial score (nSPS) is 20.4. The van der Waals surface area contributed by atoms with Crippen LogP contribution in [0.2, 0.25) is 5.02 Å². The van der Waals surface area contributed by atoms with Crippen molar-refractivity contribution in [2.24, 2.45) is 16.8 Å². The van der Waals surface area contributed by atoms with Gasteiger partial charge in [-0.3, -0.25) is 9.59 Å². The van der Waals surface area contributed by atoms with Crippen LogP contribution in [0.15, 0.2) is 64.8 Å². The molecule has 1 aromatic carbocycles. The Morgan fingerprint density at radius 2 is 1.89 bits per heavy atom. The summed E-state index contributed by atoms with van der Waals surface area (Å²) in [4.78, 5) is 28.9. The van der Waals surface area contributed by atoms with Gasteiger partial charge in [-0.2, -0.15) is 0 Å². The molecule has 0 spiro atoms. The second-order valence-corrected chi connectivity index (χ2v) is 8.07. The predicted molar refractivity (Wildman–Crippen MR) is 110 cm³/mol. The number of nitrogens with one attached hydrogen (secondary N) is 1. The summed E-state index contributed by atoms with van der Waals surface area (Å²) in [6.45, 7) is 7.44. The summed E-state index contributed by atoms with van der Waals surface area (Å²) < 4.78 is 5.79. The van der Waals surface area contributed by atoms with Crippen molar-refractivity contribution in [2.45, 2.75) is 33.3 Å². The number of rotatable bonds is 4. The second-order valence-electron chi connectivity index (χ2n) is 7.63. The van der Waals surface area contributed by atoms with Crippen LogP contribution in [0, 0.1) is 11.8 Å². The van der Waals surface area contributed by atoms with Crippen LogP contribution in [-0.2, 0) is 9.59 Å². The van der Waals surface area contributed by atoms with Crippen molar-refractivity contribution in [3.8, 4) is 5.75 Å². The molecule has 5 nitrogen and oxygen atoms in total. The van der Waals surface area contributed by atoms with E-state index in [2.05, 4.69) is 24.2 Å². The van der Waals surface area contributed by atoms with Crippen molar-refractivity contribution >= 4 is 29.1 Å². The minimum atomic E-state index is -1.15. The molecule has 0 aromatic heterocycles. The molecule has 28 heavy (non-hydrogen) atoms. The first-order chi connectivity index (χ1) is 13.2. The smallest absolute Gasteiger partial charge is 0.289 e. The lowest BCUT2D eigenvalue weighted by atomic mass is 9.82. The summed E-state index contributed by atoms with van der Waals surface area (Å²) in [6.07, 6.45) is 7.15. The van der Waals surface area contributed by atoms with Crippen molar-refractivity contribution in [2.75, 3.05) is 0 Å². The topological polar surface area (TPSA) is 67.8 Å². The largest absolute Gasteiger partial charge is 0.478 e. The highest BCUT2D eigenvalue weighted by atomic mass is 35.5. The summed E-state index contributed by atoms with van der Waals surface area (Å²) >= 11 is 5.88. The van der Waals surface area contributed by atoms with Crippen molar-refractivity contribution in [3.63, 3.8) is 0 Å². The van der Waals surface area contributed by atoms with Crippen LogP contribution in [0.3, 0.4) is 0 Å². The Hall–Kier alpha value is -2.66. The molecular weight excluding hydrogens is 376 g/mol. The summed E-state index contributed by atoms with van der Waals surface area (Å²) in [5.41, 5.74) is 1.11. The fraction of sp³-hybridized carbons (Fsp3) is 0.318. The molecule has 146 valence electrons. The van der Waals surface area contributed by atoms with Crippen LogP contribution in [-0.4, -0.2) is 23.1 Å². The number of amides is 2. The van der Waals surface area contributed by atoms with Gasteiger partial charge in [-0.1, -0.05) is 31.5 Å². The molecule has 3 rings (SSSR count). The summed E-state index contributed by atoms with van der Waals surface area (Å²) in [5, 5.41) is 3.44. The van der Waals surface area contributed by atoms with Gasteiger partial charge in [-0.25, -0.2) is 4.99 Å². The quantitative estimate of drug-likeness (QED) is 0.824. The van der Waals surface area contributed by atoms with E-state index in [1.807, 2.05) is 6.08 Å². The first kappa shape index (κ1) is 20.1. The Balaban J connectivity index is 1.79. The molecule has 1 N–H and O–H groups in total. The predicted octanol–water partition coefficient (Wildman–Crippen LogP) is 4.25. The van der Waals surface area contributed by atoms with E-state index in [1.165, 1.54) is 0 Å². The van der Waals surface area contributed by atoms with Crippen LogP contribution in [0.5, 0.6) is 5.75 Å². The van der Waals surface area contributed by atoms with E-state index in [9.17, 15) is 9.59 Å². The van der Waals surface area contributed by atoms with Gasteiger partial charge in [0.25, 0.3) is 5.91 Å². The number of carbonyl (C=O) groups excluding carboxylic acids is 2. The van der Waals surface area contributed by atoms with Gasteiger partial charge in [0.15, 0.2) is 5.60 Å². The molecule has 1 atom stereocenters. The molecule has 0 saturated carbocycles. The van der Waals surface area contributed by atoms with Crippen molar-refractivity contribution < 1.29 is 14.3 Å². The lowest BCUT2D eigenvalue weighted by molar-refractivity contribution is -0.130. The maximum absolute atomic E-state index is 12.7. The first-order valence-electron chi connectivity index (χ1n) is 9.15. The number of allylic oxidation sites excluding steroid dienone is 3. The number of ether oxygens (including phenoxy) is 1. The zero-order valence-corrected chi connectivity index (χ0v) is 17.1. The third-order valence-corrected chi connectivity index (χ3v) is 4.87. The van der Waals surface area contributed by atoms with Gasteiger partial charge in [0, 0.05) is 22.7 Å². The van der Waals surface area contributed by atoms with Crippen LogP contribution in [0.25, 0.3) is 0 Å². The molecule has 0 radical (unpaired) electrons. The molecule has 1 unspecified atom stereocenters. The molecule has 1 heterocycles. The number of fused-ring (bicyclic) bond motifs is 1. The van der Waals surface area contributed by atoms with E-state index in [0.717, 1.165) is 11.3 Å². The van der Waals surface area contributed by atoms with E-state index in [4.69, 9.17) is 16.3 Å². The molecule has 1 aliphatic carbocycles. The average molecular weight is 399 g/mol. The molecule has 2 amide bonds. The Morgan fingerprint density at radius 1 is 1.21 bits per heavy atom. The van der Waals surface area contributed by atoms with E-state index in [1.54, 1.807) is 56.3 Å². The molecule has 2 aliphatic rings. The number of carbonyl (C=O) groups is 2. The number of halogens is 1. The van der Waals surface area contributed by atoms with E-state index in [-0.39, 0.29) is 17.7 Å². The molecule has 1 aliphatic heterocycles. The van der Waals surface area contributed by atoms with Gasteiger partial charge in [0.05, 0.1) is 5.71 Å². The van der Waals surface area contributed by atoms with Crippen molar-refractivity contribution in [1.82, 2.24) is 5.32 Å². The van der Waals surface area contributed by atoms with Gasteiger partial charge in [0.2, 0.25) is 5.91 Å². The van der Waals surface area contributed by atoms with Gasteiger partial charge in [0.1, 0.15) is 5.75 Å². The highest BCUT2D eigenvalue weighted by molar-refractivity contribution is 6.30. The number of nitrogens with zero attached hydrogens (tertiary/aromatic N) is 1. The lowest BCUT2D eigenvalue weighted by Gasteiger charge is -2.29. The maximum atomic E-state index is 12.7. The van der Waals surface area contributed by atoms with Crippen LogP contribution in [0.4, 0.5) is 0 Å². The SMILES string of the molecule is CC(C)C1=CC(=O)NC2=CC(=NC(=O)C(C)(C)Oc3ccc(Cl)cc3)C=CC21. The molecular formula is C22H23ClN2O3. The second kappa shape index (κ2) is 7.76. The Morgan fingerprint density at radius 3 is 2.54 bits per heavy atom. The number of hydrogen-bond acceptors (Lipinski definition) is 3. The fourth-order valence-corrected chi connectivity index (χ4v) is 3.23. The highest BCUT2D eigenvalue weighted by Crippen LogP contribution is 2.32. The van der Waals surface area contributed by atoms with Crippen LogP contribution < -0.4 is 10.1 Å². The van der Waals surface area contributed by atoms with Gasteiger partial charge in [-0.15, -0.1) is 0 Å².